The Morgan fingerprint density at radius 2 is 2.33 bits per heavy atom. The van der Waals surface area contributed by atoms with Gasteiger partial charge in [-0.3, -0.25) is 4.79 Å². The molecule has 0 saturated carbocycles. The number of hydrogen-bond donors (Lipinski definition) is 2. The van der Waals surface area contributed by atoms with Crippen molar-refractivity contribution in [3.8, 4) is 0 Å². The van der Waals surface area contributed by atoms with Gasteiger partial charge in [-0.1, -0.05) is 0 Å². The van der Waals surface area contributed by atoms with E-state index in [1.165, 1.54) is 0 Å². The lowest BCUT2D eigenvalue weighted by molar-refractivity contribution is -0.125. The quantitative estimate of drug-likeness (QED) is 0.441. The zero-order valence-corrected chi connectivity index (χ0v) is 5.18. The summed E-state index contributed by atoms with van der Waals surface area (Å²) >= 11 is 0. The first-order chi connectivity index (χ1) is 4.36. The zero-order valence-electron chi connectivity index (χ0n) is 5.18. The van der Waals surface area contributed by atoms with E-state index in [1.54, 1.807) is 0 Å². The Hall–Kier alpha value is -0.570. The van der Waals surface area contributed by atoms with Crippen LogP contribution < -0.4 is 10.6 Å². The van der Waals surface area contributed by atoms with Crippen LogP contribution >= 0.6 is 0 Å². The van der Waals surface area contributed by atoms with E-state index in [2.05, 4.69) is 10.6 Å². The van der Waals surface area contributed by atoms with Gasteiger partial charge < -0.3 is 10.6 Å². The van der Waals surface area contributed by atoms with Gasteiger partial charge in [-0.05, 0) is 0 Å². The molecule has 2 saturated heterocycles. The number of carbonyl (C=O) groups is 1. The molecule has 0 aromatic carbocycles. The highest BCUT2D eigenvalue weighted by atomic mass is 16.1. The van der Waals surface area contributed by atoms with Crippen LogP contribution in [0.5, 0.6) is 0 Å². The topological polar surface area (TPSA) is 41.1 Å². The third kappa shape index (κ3) is 0.721. The van der Waals surface area contributed by atoms with Crippen molar-refractivity contribution in [2.75, 3.05) is 13.1 Å². The maximum Gasteiger partial charge on any atom is 0.221 e. The highest BCUT2D eigenvalue weighted by molar-refractivity contribution is 5.77. The molecule has 9 heavy (non-hydrogen) atoms. The van der Waals surface area contributed by atoms with E-state index in [4.69, 9.17) is 0 Å². The van der Waals surface area contributed by atoms with Crippen LogP contribution in [-0.2, 0) is 4.79 Å². The van der Waals surface area contributed by atoms with Crippen LogP contribution in [0.25, 0.3) is 0 Å². The number of fused-ring (bicyclic) bond motifs is 1. The fraction of sp³-hybridized carbons (Fsp3) is 0.833. The van der Waals surface area contributed by atoms with Crippen LogP contribution in [0.2, 0.25) is 0 Å². The summed E-state index contributed by atoms with van der Waals surface area (Å²) in [4.78, 5) is 10.7. The summed E-state index contributed by atoms with van der Waals surface area (Å²) in [7, 11) is 0. The van der Waals surface area contributed by atoms with E-state index in [0.717, 1.165) is 19.0 Å². The van der Waals surface area contributed by atoms with E-state index in [9.17, 15) is 4.79 Å². The molecule has 2 rings (SSSR count). The van der Waals surface area contributed by atoms with E-state index >= 15 is 0 Å². The van der Waals surface area contributed by atoms with Crippen LogP contribution in [0, 0.1) is 5.92 Å². The van der Waals surface area contributed by atoms with Crippen molar-refractivity contribution in [1.82, 2.24) is 10.6 Å². The van der Waals surface area contributed by atoms with Crippen molar-refractivity contribution < 1.29 is 4.79 Å². The number of carbonyl (C=O) groups excluding carboxylic acids is 1. The highest BCUT2D eigenvalue weighted by Gasteiger charge is 2.35. The predicted molar refractivity (Wildman–Crippen MR) is 32.9 cm³/mol. The summed E-state index contributed by atoms with van der Waals surface area (Å²) in [5, 5.41) is 6.05. The molecule has 1 amide bonds. The van der Waals surface area contributed by atoms with Gasteiger partial charge >= 0.3 is 0 Å². The van der Waals surface area contributed by atoms with Gasteiger partial charge in [0, 0.05) is 31.5 Å². The van der Waals surface area contributed by atoms with E-state index in [0.29, 0.717) is 12.5 Å². The Kier molecular flexibility index (Phi) is 0.990. The van der Waals surface area contributed by atoms with Crippen molar-refractivity contribution in [3.63, 3.8) is 0 Å². The van der Waals surface area contributed by atoms with Gasteiger partial charge in [0.25, 0.3) is 0 Å². The van der Waals surface area contributed by atoms with Crippen molar-refractivity contribution >= 4 is 5.91 Å². The van der Waals surface area contributed by atoms with Gasteiger partial charge in [-0.25, -0.2) is 0 Å². The normalized spacial score (nSPS) is 40.7. The molecule has 2 aliphatic rings. The van der Waals surface area contributed by atoms with Crippen molar-refractivity contribution in [3.05, 3.63) is 0 Å². The zero-order chi connectivity index (χ0) is 6.27. The molecule has 0 bridgehead atoms. The molecule has 2 atom stereocenters. The first kappa shape index (κ1) is 5.23. The molecule has 50 valence electrons. The Labute approximate surface area is 53.8 Å². The van der Waals surface area contributed by atoms with Crippen LogP contribution in [-0.4, -0.2) is 25.0 Å². The minimum absolute atomic E-state index is 0.198. The lowest BCUT2D eigenvalue weighted by Gasteiger charge is -2.41. The van der Waals surface area contributed by atoms with Crippen LogP contribution in [0.15, 0.2) is 0 Å². The van der Waals surface area contributed by atoms with Gasteiger partial charge in [0.05, 0.1) is 0 Å². The van der Waals surface area contributed by atoms with E-state index < -0.39 is 0 Å². The second-order valence-corrected chi connectivity index (χ2v) is 2.78. The molecular formula is C6H10N2O. The first-order valence-corrected chi connectivity index (χ1v) is 3.36. The molecule has 2 aliphatic heterocycles. The summed E-state index contributed by atoms with van der Waals surface area (Å²) in [5.41, 5.74) is 0. The van der Waals surface area contributed by atoms with Crippen LogP contribution in [0.3, 0.4) is 0 Å². The maximum absolute atomic E-state index is 10.7. The number of piperidine rings is 1. The van der Waals surface area contributed by atoms with Gasteiger partial charge in [-0.15, -0.1) is 0 Å². The average Bonchev–Trinajstić information content (AvgIpc) is 1.78. The molecule has 2 unspecified atom stereocenters. The molecule has 3 nitrogen and oxygen atoms in total. The summed E-state index contributed by atoms with van der Waals surface area (Å²) in [6.45, 7) is 1.97. The third-order valence-electron chi connectivity index (χ3n) is 2.18. The molecular weight excluding hydrogens is 116 g/mol. The first-order valence-electron chi connectivity index (χ1n) is 3.36. The van der Waals surface area contributed by atoms with Crippen LogP contribution in [0.4, 0.5) is 0 Å². The molecule has 0 aliphatic carbocycles. The van der Waals surface area contributed by atoms with Crippen molar-refractivity contribution in [1.29, 1.82) is 0 Å². The number of hydrogen-bond acceptors (Lipinski definition) is 2. The molecule has 0 aromatic rings. The standard InChI is InChI=1S/C6H10N2O/c9-6-1-5-4(2-7-5)3-8-6/h4-5,7H,1-3H2,(H,8,9). The Bertz CT molecular complexity index is 146. The lowest BCUT2D eigenvalue weighted by atomic mass is 9.86. The molecule has 0 spiro atoms. The van der Waals surface area contributed by atoms with E-state index in [-0.39, 0.29) is 5.91 Å². The molecule has 2 N–H and O–H groups in total. The maximum atomic E-state index is 10.7. The SMILES string of the molecule is O=C1CC2NCC2CN1. The van der Waals surface area contributed by atoms with Gasteiger partial charge in [0.15, 0.2) is 0 Å². The number of rotatable bonds is 0. The van der Waals surface area contributed by atoms with Gasteiger partial charge in [0.1, 0.15) is 0 Å². The summed E-state index contributed by atoms with van der Waals surface area (Å²) in [6.07, 6.45) is 0.685. The van der Waals surface area contributed by atoms with Crippen LogP contribution in [0.1, 0.15) is 6.42 Å². The smallest absolute Gasteiger partial charge is 0.221 e. The summed E-state index contributed by atoms with van der Waals surface area (Å²) in [5.74, 6) is 0.922. The average molecular weight is 126 g/mol. The second kappa shape index (κ2) is 1.70. The second-order valence-electron chi connectivity index (χ2n) is 2.78. The number of nitrogens with one attached hydrogen (secondary N) is 2. The minimum atomic E-state index is 0.198. The fourth-order valence-electron chi connectivity index (χ4n) is 1.42. The summed E-state index contributed by atoms with van der Waals surface area (Å²) < 4.78 is 0. The molecule has 2 heterocycles. The Morgan fingerprint density at radius 3 is 2.78 bits per heavy atom. The molecule has 2 fully saturated rings. The molecule has 0 radical (unpaired) electrons. The van der Waals surface area contributed by atoms with Crippen molar-refractivity contribution in [2.24, 2.45) is 5.92 Å². The third-order valence-corrected chi connectivity index (χ3v) is 2.18. The van der Waals surface area contributed by atoms with Gasteiger partial charge in [0.2, 0.25) is 5.91 Å². The largest absolute Gasteiger partial charge is 0.356 e. The minimum Gasteiger partial charge on any atom is -0.356 e. The molecule has 3 heteroatoms. The van der Waals surface area contributed by atoms with Gasteiger partial charge in [-0.2, -0.15) is 0 Å². The monoisotopic (exact) mass is 126 g/mol. The Morgan fingerprint density at radius 1 is 1.44 bits per heavy atom. The summed E-state index contributed by atoms with van der Waals surface area (Å²) in [6, 6.07) is 0.499. The lowest BCUT2D eigenvalue weighted by Crippen LogP contribution is -2.62. The fourth-order valence-corrected chi connectivity index (χ4v) is 1.42. The van der Waals surface area contributed by atoms with Crippen molar-refractivity contribution in [2.45, 2.75) is 12.5 Å². The Balaban J connectivity index is 1.99. The molecule has 0 aromatic heterocycles. The highest BCUT2D eigenvalue weighted by Crippen LogP contribution is 2.18. The number of amides is 1. The van der Waals surface area contributed by atoms with E-state index in [1.807, 2.05) is 0 Å². The predicted octanol–water partition coefficient (Wildman–Crippen LogP) is -0.906.